The zero-order chi connectivity index (χ0) is 11.3. The number of hydrogen-bond acceptors (Lipinski definition) is 2. The molecule has 0 heterocycles. The van der Waals surface area contributed by atoms with E-state index in [2.05, 4.69) is 13.8 Å². The Hall–Kier alpha value is -0.0800. The fourth-order valence-corrected chi connectivity index (χ4v) is 2.71. The van der Waals surface area contributed by atoms with Gasteiger partial charge in [0.2, 0.25) is 0 Å². The molecule has 0 aromatic heterocycles. The van der Waals surface area contributed by atoms with Crippen molar-refractivity contribution in [2.75, 3.05) is 13.2 Å². The van der Waals surface area contributed by atoms with E-state index in [0.717, 1.165) is 18.8 Å². The van der Waals surface area contributed by atoms with Crippen LogP contribution in [0.3, 0.4) is 0 Å². The molecule has 1 aliphatic carbocycles. The van der Waals surface area contributed by atoms with E-state index in [1.54, 1.807) is 0 Å². The van der Waals surface area contributed by atoms with E-state index in [1.807, 2.05) is 0 Å². The highest BCUT2D eigenvalue weighted by Crippen LogP contribution is 2.43. The summed E-state index contributed by atoms with van der Waals surface area (Å²) in [5.41, 5.74) is 5.90. The van der Waals surface area contributed by atoms with Gasteiger partial charge in [-0.1, -0.05) is 39.5 Å². The lowest BCUT2D eigenvalue weighted by atomic mass is 9.75. The number of nitrogens with two attached hydrogens (primary N) is 1. The molecule has 2 heteroatoms. The number of rotatable bonds is 8. The molecule has 0 aromatic carbocycles. The van der Waals surface area contributed by atoms with Gasteiger partial charge in [0.05, 0.1) is 0 Å². The Kier molecular flexibility index (Phi) is 5.07. The Balaban J connectivity index is 2.45. The highest BCUT2D eigenvalue weighted by Gasteiger charge is 2.36. The Labute approximate surface area is 94.2 Å². The van der Waals surface area contributed by atoms with Gasteiger partial charge in [-0.05, 0) is 24.7 Å². The fourth-order valence-electron chi connectivity index (χ4n) is 2.71. The molecule has 3 N–H and O–H groups in total. The largest absolute Gasteiger partial charge is 0.396 e. The first kappa shape index (κ1) is 13.0. The molecule has 1 aliphatic rings. The van der Waals surface area contributed by atoms with Gasteiger partial charge in [-0.2, -0.15) is 0 Å². The second-order valence-corrected chi connectivity index (χ2v) is 5.61. The summed E-state index contributed by atoms with van der Waals surface area (Å²) >= 11 is 0. The molecule has 2 unspecified atom stereocenters. The van der Waals surface area contributed by atoms with Crippen LogP contribution in [0.25, 0.3) is 0 Å². The van der Waals surface area contributed by atoms with Crippen LogP contribution < -0.4 is 5.73 Å². The highest BCUT2D eigenvalue weighted by atomic mass is 16.3. The Bertz CT molecular complexity index is 173. The molecule has 0 spiro atoms. The molecule has 0 amide bonds. The van der Waals surface area contributed by atoms with E-state index >= 15 is 0 Å². The van der Waals surface area contributed by atoms with Crippen molar-refractivity contribution in [3.63, 3.8) is 0 Å². The van der Waals surface area contributed by atoms with Crippen LogP contribution in [0.1, 0.15) is 52.4 Å². The molecule has 1 rings (SSSR count). The van der Waals surface area contributed by atoms with Gasteiger partial charge in [0.15, 0.2) is 0 Å². The summed E-state index contributed by atoms with van der Waals surface area (Å²) in [5, 5.41) is 9.59. The third-order valence-electron chi connectivity index (χ3n) is 3.75. The first-order chi connectivity index (χ1) is 7.15. The number of aliphatic hydroxyl groups excluding tert-OH is 1. The van der Waals surface area contributed by atoms with Gasteiger partial charge in [0.1, 0.15) is 0 Å². The SMILES string of the molecule is CCCC(C)CC(CN)(CO)CC1CC1. The molecule has 90 valence electrons. The second kappa shape index (κ2) is 5.86. The average molecular weight is 213 g/mol. The lowest BCUT2D eigenvalue weighted by Crippen LogP contribution is -2.36. The van der Waals surface area contributed by atoms with E-state index in [4.69, 9.17) is 5.73 Å². The van der Waals surface area contributed by atoms with Crippen LogP contribution in [0.15, 0.2) is 0 Å². The normalized spacial score (nSPS) is 22.4. The van der Waals surface area contributed by atoms with Crippen molar-refractivity contribution in [2.45, 2.75) is 52.4 Å². The Morgan fingerprint density at radius 2 is 2.13 bits per heavy atom. The summed E-state index contributed by atoms with van der Waals surface area (Å²) < 4.78 is 0. The molecular weight excluding hydrogens is 186 g/mol. The van der Waals surface area contributed by atoms with Crippen LogP contribution in [0.4, 0.5) is 0 Å². The van der Waals surface area contributed by atoms with E-state index in [9.17, 15) is 5.11 Å². The molecule has 0 bridgehead atoms. The molecular formula is C13H27NO. The van der Waals surface area contributed by atoms with Gasteiger partial charge < -0.3 is 10.8 Å². The van der Waals surface area contributed by atoms with Gasteiger partial charge in [0, 0.05) is 18.6 Å². The number of aliphatic hydroxyl groups is 1. The first-order valence-electron chi connectivity index (χ1n) is 6.46. The predicted octanol–water partition coefficient (Wildman–Crippen LogP) is 2.55. The van der Waals surface area contributed by atoms with Gasteiger partial charge in [-0.15, -0.1) is 0 Å². The quantitative estimate of drug-likeness (QED) is 0.651. The smallest absolute Gasteiger partial charge is 0.0499 e. The Morgan fingerprint density at radius 1 is 1.47 bits per heavy atom. The lowest BCUT2D eigenvalue weighted by Gasteiger charge is -2.33. The third-order valence-corrected chi connectivity index (χ3v) is 3.75. The topological polar surface area (TPSA) is 46.2 Å². The van der Waals surface area contributed by atoms with E-state index in [1.165, 1.54) is 25.7 Å². The van der Waals surface area contributed by atoms with Crippen molar-refractivity contribution in [3.8, 4) is 0 Å². The molecule has 2 atom stereocenters. The highest BCUT2D eigenvalue weighted by molar-refractivity contribution is 4.88. The molecule has 0 aromatic rings. The van der Waals surface area contributed by atoms with Gasteiger partial charge in [-0.25, -0.2) is 0 Å². The molecule has 2 nitrogen and oxygen atoms in total. The van der Waals surface area contributed by atoms with Crippen molar-refractivity contribution in [1.82, 2.24) is 0 Å². The van der Waals surface area contributed by atoms with E-state index in [0.29, 0.717) is 12.5 Å². The molecule has 1 saturated carbocycles. The fraction of sp³-hybridized carbons (Fsp3) is 1.00. The summed E-state index contributed by atoms with van der Waals surface area (Å²) in [5.74, 6) is 1.55. The van der Waals surface area contributed by atoms with Crippen LogP contribution >= 0.6 is 0 Å². The first-order valence-corrected chi connectivity index (χ1v) is 6.46. The summed E-state index contributed by atoms with van der Waals surface area (Å²) in [6.45, 7) is 5.43. The van der Waals surface area contributed by atoms with E-state index in [-0.39, 0.29) is 12.0 Å². The minimum absolute atomic E-state index is 0.0236. The molecule has 0 saturated heterocycles. The van der Waals surface area contributed by atoms with Crippen molar-refractivity contribution in [2.24, 2.45) is 23.0 Å². The van der Waals surface area contributed by atoms with Crippen molar-refractivity contribution in [1.29, 1.82) is 0 Å². The van der Waals surface area contributed by atoms with Crippen LogP contribution in [0.2, 0.25) is 0 Å². The second-order valence-electron chi connectivity index (χ2n) is 5.61. The van der Waals surface area contributed by atoms with Crippen molar-refractivity contribution >= 4 is 0 Å². The minimum Gasteiger partial charge on any atom is -0.396 e. The molecule has 15 heavy (non-hydrogen) atoms. The maximum atomic E-state index is 9.59. The van der Waals surface area contributed by atoms with Crippen LogP contribution in [-0.2, 0) is 0 Å². The Morgan fingerprint density at radius 3 is 2.53 bits per heavy atom. The van der Waals surface area contributed by atoms with Gasteiger partial charge in [-0.3, -0.25) is 0 Å². The van der Waals surface area contributed by atoms with Crippen LogP contribution in [0.5, 0.6) is 0 Å². The third kappa shape index (κ3) is 4.12. The molecule has 0 aliphatic heterocycles. The van der Waals surface area contributed by atoms with Crippen molar-refractivity contribution < 1.29 is 5.11 Å². The molecule has 1 fully saturated rings. The molecule has 0 radical (unpaired) electrons. The zero-order valence-electron chi connectivity index (χ0n) is 10.3. The lowest BCUT2D eigenvalue weighted by molar-refractivity contribution is 0.0884. The van der Waals surface area contributed by atoms with Gasteiger partial charge >= 0.3 is 0 Å². The van der Waals surface area contributed by atoms with Crippen LogP contribution in [0, 0.1) is 17.3 Å². The summed E-state index contributed by atoms with van der Waals surface area (Å²) in [6.07, 6.45) is 7.44. The summed E-state index contributed by atoms with van der Waals surface area (Å²) in [6, 6.07) is 0. The maximum Gasteiger partial charge on any atom is 0.0499 e. The monoisotopic (exact) mass is 213 g/mol. The minimum atomic E-state index is 0.0236. The van der Waals surface area contributed by atoms with Crippen molar-refractivity contribution in [3.05, 3.63) is 0 Å². The van der Waals surface area contributed by atoms with Gasteiger partial charge in [0.25, 0.3) is 0 Å². The standard InChI is InChI=1S/C13H27NO/c1-3-4-11(2)7-13(9-14,10-15)8-12-5-6-12/h11-12,15H,3-10,14H2,1-2H3. The predicted molar refractivity (Wildman–Crippen MR) is 64.6 cm³/mol. The summed E-state index contributed by atoms with van der Waals surface area (Å²) in [4.78, 5) is 0. The zero-order valence-corrected chi connectivity index (χ0v) is 10.3. The maximum absolute atomic E-state index is 9.59. The van der Waals surface area contributed by atoms with E-state index < -0.39 is 0 Å². The average Bonchev–Trinajstić information content (AvgIpc) is 3.01. The summed E-state index contributed by atoms with van der Waals surface area (Å²) in [7, 11) is 0. The van der Waals surface area contributed by atoms with Crippen LogP contribution in [-0.4, -0.2) is 18.3 Å². The number of hydrogen-bond donors (Lipinski definition) is 2.